The van der Waals surface area contributed by atoms with Crippen molar-refractivity contribution in [2.45, 2.75) is 89.1 Å². The Balaban J connectivity index is 1.08. The number of carbonyl (C=O) groups excluding carboxylic acids is 3. The molecule has 0 aliphatic carbocycles. The Morgan fingerprint density at radius 3 is 1.80 bits per heavy atom. The average Bonchev–Trinajstić information content (AvgIpc) is 4.08. The SMILES string of the molecule is COC(=O)N[C@H](C(=O)N1CCC[C@H]1c1nc(-c2ccc3c(c2)COCc2cc(-c4c[nH]c([C@@H]5CCCN5C(=O)[C@H]([C@@H](C)OC)N(C)C(=O)O)n4)ccc2-3)c[nH]1)C(C)OC. The van der Waals surface area contributed by atoms with Crippen LogP contribution in [0.4, 0.5) is 9.59 Å². The average molecular weight is 813 g/mol. The van der Waals surface area contributed by atoms with Crippen LogP contribution in [-0.2, 0) is 41.8 Å². The summed E-state index contributed by atoms with van der Waals surface area (Å²) in [4.78, 5) is 72.3. The molecule has 5 heterocycles. The van der Waals surface area contributed by atoms with Gasteiger partial charge in [-0.2, -0.15) is 0 Å². The van der Waals surface area contributed by atoms with Gasteiger partial charge in [0.1, 0.15) is 23.7 Å². The van der Waals surface area contributed by atoms with Crippen molar-refractivity contribution < 1.29 is 43.2 Å². The molecule has 59 heavy (non-hydrogen) atoms. The molecule has 4 N–H and O–H groups in total. The van der Waals surface area contributed by atoms with E-state index in [4.69, 9.17) is 28.9 Å². The number of rotatable bonds is 12. The van der Waals surface area contributed by atoms with Gasteiger partial charge in [-0.3, -0.25) is 14.5 Å². The molecule has 3 aliphatic rings. The van der Waals surface area contributed by atoms with Gasteiger partial charge in [-0.25, -0.2) is 19.6 Å². The molecule has 2 fully saturated rings. The number of imidazole rings is 2. The predicted octanol–water partition coefficient (Wildman–Crippen LogP) is 5.26. The lowest BCUT2D eigenvalue weighted by Gasteiger charge is -2.34. The minimum absolute atomic E-state index is 0.261. The lowest BCUT2D eigenvalue weighted by Crippen LogP contribution is -2.54. The van der Waals surface area contributed by atoms with Gasteiger partial charge in [-0.15, -0.1) is 0 Å². The molecule has 314 valence electrons. The van der Waals surface area contributed by atoms with Gasteiger partial charge in [0.15, 0.2) is 0 Å². The number of amides is 4. The summed E-state index contributed by atoms with van der Waals surface area (Å²) in [6.07, 6.45) is 3.56. The molecule has 0 radical (unpaired) electrons. The number of likely N-dealkylation sites (tertiary alicyclic amines) is 2. The number of carbonyl (C=O) groups is 4. The third-order valence-corrected chi connectivity index (χ3v) is 11.9. The van der Waals surface area contributed by atoms with E-state index < -0.39 is 36.5 Å². The van der Waals surface area contributed by atoms with Crippen LogP contribution in [0, 0.1) is 0 Å². The van der Waals surface area contributed by atoms with Crippen LogP contribution in [0.1, 0.15) is 74.4 Å². The fourth-order valence-electron chi connectivity index (χ4n) is 8.46. The van der Waals surface area contributed by atoms with Crippen LogP contribution < -0.4 is 5.32 Å². The molecule has 6 atom stereocenters. The molecule has 17 heteroatoms. The molecular formula is C42H52N8O9. The molecule has 17 nitrogen and oxygen atoms in total. The number of likely N-dealkylation sites (N-methyl/N-ethyl adjacent to an activating group) is 1. The number of aromatic nitrogens is 4. The lowest BCUT2D eigenvalue weighted by molar-refractivity contribution is -0.141. The van der Waals surface area contributed by atoms with Crippen LogP contribution in [0.25, 0.3) is 33.6 Å². The summed E-state index contributed by atoms with van der Waals surface area (Å²) in [5, 5.41) is 12.3. The molecule has 1 unspecified atom stereocenters. The molecule has 4 aromatic rings. The van der Waals surface area contributed by atoms with Crippen LogP contribution >= 0.6 is 0 Å². The molecule has 3 aliphatic heterocycles. The second kappa shape index (κ2) is 17.6. The Morgan fingerprint density at radius 1 is 0.814 bits per heavy atom. The van der Waals surface area contributed by atoms with Crippen LogP contribution in [-0.4, -0.2) is 130 Å². The molecule has 0 saturated carbocycles. The molecular weight excluding hydrogens is 761 g/mol. The molecule has 0 spiro atoms. The predicted molar refractivity (Wildman–Crippen MR) is 215 cm³/mol. The summed E-state index contributed by atoms with van der Waals surface area (Å²) in [6, 6.07) is 9.90. The Bertz CT molecular complexity index is 2190. The van der Waals surface area contributed by atoms with Gasteiger partial charge in [0.2, 0.25) is 11.8 Å². The number of hydrogen-bond donors (Lipinski definition) is 4. The third kappa shape index (κ3) is 8.27. The number of H-pyrrole nitrogens is 2. The first-order valence-electron chi connectivity index (χ1n) is 19.9. The summed E-state index contributed by atoms with van der Waals surface area (Å²) in [6.45, 7) is 5.24. The maximum absolute atomic E-state index is 13.8. The minimum atomic E-state index is -1.20. The normalized spacial score (nSPS) is 19.6. The molecule has 0 bridgehead atoms. The van der Waals surface area contributed by atoms with Crippen molar-refractivity contribution in [3.8, 4) is 33.6 Å². The van der Waals surface area contributed by atoms with Crippen molar-refractivity contribution in [1.82, 2.24) is 40.0 Å². The fraction of sp³-hybridized carbons (Fsp3) is 0.476. The van der Waals surface area contributed by atoms with E-state index in [1.165, 1.54) is 28.4 Å². The molecule has 7 rings (SSSR count). The smallest absolute Gasteiger partial charge is 0.407 e. The van der Waals surface area contributed by atoms with E-state index in [0.717, 1.165) is 68.9 Å². The van der Waals surface area contributed by atoms with Gasteiger partial charge in [0.25, 0.3) is 0 Å². The zero-order chi connectivity index (χ0) is 42.0. The van der Waals surface area contributed by atoms with E-state index in [1.807, 2.05) is 24.5 Å². The summed E-state index contributed by atoms with van der Waals surface area (Å²) in [5.74, 6) is 0.738. The number of fused-ring (bicyclic) bond motifs is 3. The van der Waals surface area contributed by atoms with Crippen molar-refractivity contribution in [1.29, 1.82) is 0 Å². The van der Waals surface area contributed by atoms with Gasteiger partial charge in [0.05, 0.1) is 56.0 Å². The Morgan fingerprint density at radius 2 is 1.32 bits per heavy atom. The number of methoxy groups -OCH3 is 3. The van der Waals surface area contributed by atoms with E-state index in [9.17, 15) is 24.3 Å². The summed E-state index contributed by atoms with van der Waals surface area (Å²) >= 11 is 0. The zero-order valence-corrected chi connectivity index (χ0v) is 34.2. The lowest BCUT2D eigenvalue weighted by atomic mass is 9.93. The summed E-state index contributed by atoms with van der Waals surface area (Å²) in [7, 11) is 5.60. The third-order valence-electron chi connectivity index (χ3n) is 11.9. The topological polar surface area (TPSA) is 205 Å². The number of carboxylic acid groups (broad SMARTS) is 1. The first-order chi connectivity index (χ1) is 28.4. The van der Waals surface area contributed by atoms with Gasteiger partial charge in [0, 0.05) is 57.9 Å². The first kappa shape index (κ1) is 41.4. The zero-order valence-electron chi connectivity index (χ0n) is 34.2. The van der Waals surface area contributed by atoms with Gasteiger partial charge >= 0.3 is 12.2 Å². The van der Waals surface area contributed by atoms with E-state index in [2.05, 4.69) is 39.6 Å². The van der Waals surface area contributed by atoms with Crippen molar-refractivity contribution >= 4 is 24.0 Å². The van der Waals surface area contributed by atoms with Crippen LogP contribution in [0.5, 0.6) is 0 Å². The van der Waals surface area contributed by atoms with Crippen molar-refractivity contribution in [2.24, 2.45) is 0 Å². The second-order valence-corrected chi connectivity index (χ2v) is 15.3. The Labute approximate surface area is 342 Å². The number of nitrogens with zero attached hydrogens (tertiary/aromatic N) is 5. The number of benzene rings is 2. The number of aromatic amines is 2. The van der Waals surface area contributed by atoms with E-state index in [1.54, 1.807) is 23.6 Å². The quantitative estimate of drug-likeness (QED) is 0.145. The first-order valence-corrected chi connectivity index (χ1v) is 19.9. The Hall–Kier alpha value is -5.78. The molecule has 2 aromatic carbocycles. The standard InChI is InChI=1S/C42H52N8O9/c1-23(56-4)35(47-41(53)58-6)39(51)49-15-7-9-33(49)37-43-19-31(45-37)25-11-13-29-27(17-25)21-59-22-28-18-26(12-14-30(28)29)32-20-44-38(46-32)34-10-8-16-50(34)40(52)36(24(2)57-5)48(3)42(54)55/h11-14,17-20,23-24,33-36H,7-10,15-16,21-22H2,1-6H3,(H,43,45)(H,44,46)(H,47,53)(H,54,55)/t23?,24-,33+,34+,35+,36+/m1/s1. The van der Waals surface area contributed by atoms with Crippen molar-refractivity contribution in [3.63, 3.8) is 0 Å². The van der Waals surface area contributed by atoms with Crippen molar-refractivity contribution in [3.05, 3.63) is 71.6 Å². The van der Waals surface area contributed by atoms with Crippen LogP contribution in [0.3, 0.4) is 0 Å². The fourth-order valence-corrected chi connectivity index (χ4v) is 8.46. The maximum Gasteiger partial charge on any atom is 0.407 e. The van der Waals surface area contributed by atoms with Gasteiger partial charge in [-0.05, 0) is 73.9 Å². The summed E-state index contributed by atoms with van der Waals surface area (Å²) < 4.78 is 21.8. The highest BCUT2D eigenvalue weighted by Gasteiger charge is 2.41. The van der Waals surface area contributed by atoms with Gasteiger partial charge < -0.3 is 49.1 Å². The van der Waals surface area contributed by atoms with Crippen molar-refractivity contribution in [2.75, 3.05) is 41.5 Å². The second-order valence-electron chi connectivity index (χ2n) is 15.3. The highest BCUT2D eigenvalue weighted by atomic mass is 16.5. The van der Waals surface area contributed by atoms with E-state index in [-0.39, 0.29) is 23.9 Å². The van der Waals surface area contributed by atoms with Crippen LogP contribution in [0.15, 0.2) is 48.8 Å². The number of hydrogen-bond acceptors (Lipinski definition) is 10. The molecule has 4 amide bonds. The minimum Gasteiger partial charge on any atom is -0.465 e. The largest absolute Gasteiger partial charge is 0.465 e. The highest BCUT2D eigenvalue weighted by molar-refractivity contribution is 5.87. The highest BCUT2D eigenvalue weighted by Crippen LogP contribution is 2.38. The number of nitrogens with one attached hydrogen (secondary N) is 3. The van der Waals surface area contributed by atoms with E-state index in [0.29, 0.717) is 44.4 Å². The summed E-state index contributed by atoms with van der Waals surface area (Å²) in [5.41, 5.74) is 7.42. The monoisotopic (exact) mass is 812 g/mol. The number of alkyl carbamates (subject to hydrolysis) is 1. The van der Waals surface area contributed by atoms with Gasteiger partial charge in [-0.1, -0.05) is 24.3 Å². The maximum atomic E-state index is 13.8. The Kier molecular flexibility index (Phi) is 12.3. The molecule has 2 saturated heterocycles. The van der Waals surface area contributed by atoms with E-state index >= 15 is 0 Å². The molecule has 2 aromatic heterocycles. The number of ether oxygens (including phenoxy) is 4. The van der Waals surface area contributed by atoms with Crippen LogP contribution in [0.2, 0.25) is 0 Å².